The van der Waals surface area contributed by atoms with Gasteiger partial charge in [0.05, 0.1) is 11.9 Å². The molecule has 0 radical (unpaired) electrons. The molecule has 0 saturated carbocycles. The van der Waals surface area contributed by atoms with Crippen molar-refractivity contribution in [2.45, 2.75) is 39.8 Å². The fraction of sp³-hybridized carbons (Fsp3) is 0.600. The molecule has 1 aromatic heterocycles. The SMILES string of the molecule is CCn1ncc(N)c1C(=O)OC(C)(C)C. The molecule has 2 N–H and O–H groups in total. The quantitative estimate of drug-likeness (QED) is 0.751. The summed E-state index contributed by atoms with van der Waals surface area (Å²) in [6.45, 7) is 7.92. The number of hydrogen-bond donors (Lipinski definition) is 1. The normalized spacial score (nSPS) is 11.5. The molecule has 1 aromatic rings. The summed E-state index contributed by atoms with van der Waals surface area (Å²) in [7, 11) is 0. The predicted molar refractivity (Wildman–Crippen MR) is 57.5 cm³/mol. The zero-order valence-electron chi connectivity index (χ0n) is 9.57. The maximum absolute atomic E-state index is 11.8. The summed E-state index contributed by atoms with van der Waals surface area (Å²) >= 11 is 0. The molecule has 0 aromatic carbocycles. The molecule has 5 nitrogen and oxygen atoms in total. The van der Waals surface area contributed by atoms with Gasteiger partial charge in [0.15, 0.2) is 5.69 Å². The van der Waals surface area contributed by atoms with Gasteiger partial charge in [0.2, 0.25) is 0 Å². The molecule has 0 aliphatic heterocycles. The Balaban J connectivity index is 2.95. The monoisotopic (exact) mass is 211 g/mol. The van der Waals surface area contributed by atoms with E-state index in [-0.39, 0.29) is 0 Å². The topological polar surface area (TPSA) is 70.1 Å². The van der Waals surface area contributed by atoms with E-state index < -0.39 is 11.6 Å². The van der Waals surface area contributed by atoms with E-state index in [1.807, 2.05) is 27.7 Å². The fourth-order valence-electron chi connectivity index (χ4n) is 1.19. The Kier molecular flexibility index (Phi) is 3.02. The van der Waals surface area contributed by atoms with Crippen LogP contribution in [0.15, 0.2) is 6.20 Å². The second-order valence-corrected chi connectivity index (χ2v) is 4.27. The number of carbonyl (C=O) groups is 1. The van der Waals surface area contributed by atoms with E-state index in [1.54, 1.807) is 0 Å². The molecule has 0 spiro atoms. The van der Waals surface area contributed by atoms with Crippen molar-refractivity contribution in [2.75, 3.05) is 5.73 Å². The van der Waals surface area contributed by atoms with Gasteiger partial charge in [-0.3, -0.25) is 4.68 Å². The number of rotatable bonds is 2. The van der Waals surface area contributed by atoms with E-state index in [0.717, 1.165) is 0 Å². The molecular weight excluding hydrogens is 194 g/mol. The zero-order chi connectivity index (χ0) is 11.6. The molecule has 0 atom stereocenters. The maximum atomic E-state index is 11.8. The second-order valence-electron chi connectivity index (χ2n) is 4.27. The van der Waals surface area contributed by atoms with E-state index in [2.05, 4.69) is 5.10 Å². The third kappa shape index (κ3) is 2.71. The van der Waals surface area contributed by atoms with Crippen molar-refractivity contribution in [1.29, 1.82) is 0 Å². The van der Waals surface area contributed by atoms with Gasteiger partial charge in [0.1, 0.15) is 5.60 Å². The molecule has 84 valence electrons. The molecule has 0 aliphatic carbocycles. The van der Waals surface area contributed by atoms with Gasteiger partial charge < -0.3 is 10.5 Å². The molecule has 0 fully saturated rings. The fourth-order valence-corrected chi connectivity index (χ4v) is 1.19. The molecule has 1 heterocycles. The van der Waals surface area contributed by atoms with Crippen LogP contribution in [-0.4, -0.2) is 21.4 Å². The van der Waals surface area contributed by atoms with Gasteiger partial charge in [-0.05, 0) is 27.7 Å². The van der Waals surface area contributed by atoms with E-state index in [4.69, 9.17) is 10.5 Å². The number of ether oxygens (including phenoxy) is 1. The summed E-state index contributed by atoms with van der Waals surface area (Å²) in [6, 6.07) is 0. The van der Waals surface area contributed by atoms with E-state index in [9.17, 15) is 4.79 Å². The van der Waals surface area contributed by atoms with Crippen molar-refractivity contribution in [3.63, 3.8) is 0 Å². The number of esters is 1. The summed E-state index contributed by atoms with van der Waals surface area (Å²) in [4.78, 5) is 11.8. The number of nitrogens with two attached hydrogens (primary N) is 1. The van der Waals surface area contributed by atoms with Crippen LogP contribution in [0.2, 0.25) is 0 Å². The van der Waals surface area contributed by atoms with Crippen LogP contribution >= 0.6 is 0 Å². The lowest BCUT2D eigenvalue weighted by Gasteiger charge is -2.19. The van der Waals surface area contributed by atoms with Gasteiger partial charge in [-0.2, -0.15) is 5.10 Å². The van der Waals surface area contributed by atoms with Crippen molar-refractivity contribution in [3.8, 4) is 0 Å². The van der Waals surface area contributed by atoms with Gasteiger partial charge in [0, 0.05) is 6.54 Å². The van der Waals surface area contributed by atoms with Gasteiger partial charge >= 0.3 is 5.97 Å². The average Bonchev–Trinajstić information content (AvgIpc) is 2.43. The number of aryl methyl sites for hydroxylation is 1. The van der Waals surface area contributed by atoms with E-state index in [0.29, 0.717) is 17.9 Å². The Labute approximate surface area is 89.2 Å². The summed E-state index contributed by atoms with van der Waals surface area (Å²) in [6.07, 6.45) is 1.46. The first-order valence-corrected chi connectivity index (χ1v) is 4.89. The van der Waals surface area contributed by atoms with Crippen LogP contribution in [0.4, 0.5) is 5.69 Å². The first kappa shape index (κ1) is 11.6. The average molecular weight is 211 g/mol. The van der Waals surface area contributed by atoms with Crippen LogP contribution < -0.4 is 5.73 Å². The number of hydrogen-bond acceptors (Lipinski definition) is 4. The molecule has 5 heteroatoms. The van der Waals surface area contributed by atoms with Gasteiger partial charge in [-0.15, -0.1) is 0 Å². The van der Waals surface area contributed by atoms with Crippen molar-refractivity contribution in [3.05, 3.63) is 11.9 Å². The molecule has 0 amide bonds. The summed E-state index contributed by atoms with van der Waals surface area (Å²) < 4.78 is 6.76. The lowest BCUT2D eigenvalue weighted by Crippen LogP contribution is -2.26. The van der Waals surface area contributed by atoms with Gasteiger partial charge in [0.25, 0.3) is 0 Å². The van der Waals surface area contributed by atoms with Gasteiger partial charge in [-0.25, -0.2) is 4.79 Å². The zero-order valence-corrected chi connectivity index (χ0v) is 9.57. The number of aromatic nitrogens is 2. The predicted octanol–water partition coefficient (Wildman–Crippen LogP) is 1.44. The molecule has 1 rings (SSSR count). The molecular formula is C10H17N3O2. The first-order valence-electron chi connectivity index (χ1n) is 4.89. The largest absolute Gasteiger partial charge is 0.455 e. The third-order valence-corrected chi connectivity index (χ3v) is 1.76. The number of carbonyl (C=O) groups excluding carboxylic acids is 1. The third-order valence-electron chi connectivity index (χ3n) is 1.76. The maximum Gasteiger partial charge on any atom is 0.359 e. The minimum absolute atomic E-state index is 0.326. The Bertz CT molecular complexity index is 363. The Morgan fingerprint density at radius 1 is 1.60 bits per heavy atom. The molecule has 15 heavy (non-hydrogen) atoms. The van der Waals surface area contributed by atoms with Crippen molar-refractivity contribution in [1.82, 2.24) is 9.78 Å². The Hall–Kier alpha value is -1.52. The van der Waals surface area contributed by atoms with Crippen LogP contribution in [0, 0.1) is 0 Å². The van der Waals surface area contributed by atoms with Crippen LogP contribution in [-0.2, 0) is 11.3 Å². The minimum atomic E-state index is -0.521. The highest BCUT2D eigenvalue weighted by atomic mass is 16.6. The Morgan fingerprint density at radius 2 is 2.20 bits per heavy atom. The van der Waals surface area contributed by atoms with E-state index in [1.165, 1.54) is 10.9 Å². The molecule has 0 aliphatic rings. The van der Waals surface area contributed by atoms with Crippen LogP contribution in [0.3, 0.4) is 0 Å². The molecule has 0 saturated heterocycles. The number of nitrogen functional groups attached to an aromatic ring is 1. The van der Waals surface area contributed by atoms with Crippen LogP contribution in [0.25, 0.3) is 0 Å². The number of nitrogens with zero attached hydrogens (tertiary/aromatic N) is 2. The van der Waals surface area contributed by atoms with Crippen LogP contribution in [0.5, 0.6) is 0 Å². The van der Waals surface area contributed by atoms with Gasteiger partial charge in [-0.1, -0.05) is 0 Å². The summed E-state index contributed by atoms with van der Waals surface area (Å²) in [5.41, 5.74) is 5.81. The summed E-state index contributed by atoms with van der Waals surface area (Å²) in [5.74, 6) is -0.431. The van der Waals surface area contributed by atoms with E-state index >= 15 is 0 Å². The highest BCUT2D eigenvalue weighted by Gasteiger charge is 2.23. The lowest BCUT2D eigenvalue weighted by molar-refractivity contribution is 0.00576. The number of anilines is 1. The van der Waals surface area contributed by atoms with Crippen molar-refractivity contribution < 1.29 is 9.53 Å². The first-order chi connectivity index (χ1) is 6.85. The Morgan fingerprint density at radius 3 is 2.67 bits per heavy atom. The van der Waals surface area contributed by atoms with Crippen molar-refractivity contribution in [2.24, 2.45) is 0 Å². The highest BCUT2D eigenvalue weighted by molar-refractivity contribution is 5.93. The standard InChI is InChI=1S/C10H17N3O2/c1-5-13-8(7(11)6-12-13)9(14)15-10(2,3)4/h6H,5,11H2,1-4H3. The molecule has 0 unspecified atom stereocenters. The lowest BCUT2D eigenvalue weighted by atomic mass is 10.2. The second kappa shape index (κ2) is 3.92. The van der Waals surface area contributed by atoms with Crippen molar-refractivity contribution >= 4 is 11.7 Å². The minimum Gasteiger partial charge on any atom is -0.455 e. The smallest absolute Gasteiger partial charge is 0.359 e. The van der Waals surface area contributed by atoms with Crippen LogP contribution in [0.1, 0.15) is 38.2 Å². The molecule has 0 bridgehead atoms. The summed E-state index contributed by atoms with van der Waals surface area (Å²) in [5, 5.41) is 3.98. The highest BCUT2D eigenvalue weighted by Crippen LogP contribution is 2.16.